The number of carbonyl (C=O) groups is 1. The van der Waals surface area contributed by atoms with Crippen molar-refractivity contribution in [3.05, 3.63) is 6.07 Å². The van der Waals surface area contributed by atoms with Crippen LogP contribution in [0.3, 0.4) is 0 Å². The lowest BCUT2D eigenvalue weighted by Gasteiger charge is -2.25. The standard InChI is InChI=1S/C16H24N4O4/c1-15-7-6-10(16(15,9-15)13(21)19-20(2)3)24-14-17-11(22-4)8-12(18-14)23-5/h8,10H,6-7,9H2,1-5H3,(H,19,21). The van der Waals surface area contributed by atoms with Gasteiger partial charge in [0.05, 0.1) is 25.7 Å². The highest BCUT2D eigenvalue weighted by Gasteiger charge is 2.77. The maximum atomic E-state index is 12.7. The summed E-state index contributed by atoms with van der Waals surface area (Å²) in [6.07, 6.45) is 2.28. The van der Waals surface area contributed by atoms with Crippen LogP contribution in [0, 0.1) is 10.8 Å². The first kappa shape index (κ1) is 16.8. The minimum atomic E-state index is -0.531. The lowest BCUT2D eigenvalue weighted by molar-refractivity contribution is -0.134. The summed E-state index contributed by atoms with van der Waals surface area (Å²) < 4.78 is 16.3. The number of nitrogens with one attached hydrogen (secondary N) is 1. The third-order valence-corrected chi connectivity index (χ3v) is 5.18. The highest BCUT2D eigenvalue weighted by Crippen LogP contribution is 2.73. The minimum Gasteiger partial charge on any atom is -0.481 e. The van der Waals surface area contributed by atoms with Gasteiger partial charge in [0, 0.05) is 14.1 Å². The summed E-state index contributed by atoms with van der Waals surface area (Å²) >= 11 is 0. The Bertz CT molecular complexity index is 631. The van der Waals surface area contributed by atoms with E-state index >= 15 is 0 Å². The van der Waals surface area contributed by atoms with Gasteiger partial charge in [0.1, 0.15) is 6.10 Å². The Hall–Kier alpha value is -2.09. The van der Waals surface area contributed by atoms with Crippen LogP contribution in [0.2, 0.25) is 0 Å². The van der Waals surface area contributed by atoms with Crippen molar-refractivity contribution >= 4 is 5.91 Å². The van der Waals surface area contributed by atoms with E-state index in [1.54, 1.807) is 25.2 Å². The summed E-state index contributed by atoms with van der Waals surface area (Å²) in [5.74, 6) is 0.716. The van der Waals surface area contributed by atoms with E-state index in [4.69, 9.17) is 14.2 Å². The number of ether oxygens (including phenoxy) is 3. The number of fused-ring (bicyclic) bond motifs is 1. The summed E-state index contributed by atoms with van der Waals surface area (Å²) in [4.78, 5) is 21.2. The van der Waals surface area contributed by atoms with Gasteiger partial charge >= 0.3 is 6.01 Å². The normalized spacial score (nSPS) is 30.7. The fraction of sp³-hybridized carbons (Fsp3) is 0.688. The largest absolute Gasteiger partial charge is 0.481 e. The van der Waals surface area contributed by atoms with Crippen molar-refractivity contribution in [3.63, 3.8) is 0 Å². The molecule has 0 saturated heterocycles. The topological polar surface area (TPSA) is 85.8 Å². The van der Waals surface area contributed by atoms with Crippen LogP contribution < -0.4 is 19.6 Å². The molecule has 2 aliphatic rings. The maximum absolute atomic E-state index is 12.7. The molecule has 0 spiro atoms. The number of carbonyl (C=O) groups excluding carboxylic acids is 1. The molecule has 1 heterocycles. The van der Waals surface area contributed by atoms with Gasteiger partial charge in [-0.3, -0.25) is 10.2 Å². The molecule has 8 heteroatoms. The van der Waals surface area contributed by atoms with E-state index in [2.05, 4.69) is 22.3 Å². The molecule has 0 bridgehead atoms. The van der Waals surface area contributed by atoms with Crippen molar-refractivity contribution in [2.45, 2.75) is 32.3 Å². The molecule has 24 heavy (non-hydrogen) atoms. The first-order valence-corrected chi connectivity index (χ1v) is 7.97. The molecule has 1 aromatic heterocycles. The number of amides is 1. The second kappa shape index (κ2) is 5.77. The van der Waals surface area contributed by atoms with Crippen molar-refractivity contribution in [2.24, 2.45) is 10.8 Å². The van der Waals surface area contributed by atoms with Gasteiger partial charge < -0.3 is 14.2 Å². The number of hydrogen-bond donors (Lipinski definition) is 1. The van der Waals surface area contributed by atoms with E-state index in [9.17, 15) is 4.79 Å². The lowest BCUT2D eigenvalue weighted by atomic mass is 9.95. The minimum absolute atomic E-state index is 0.00707. The van der Waals surface area contributed by atoms with Gasteiger partial charge in [-0.15, -0.1) is 0 Å². The monoisotopic (exact) mass is 336 g/mol. The number of nitrogens with zero attached hydrogens (tertiary/aromatic N) is 3. The lowest BCUT2D eigenvalue weighted by Crippen LogP contribution is -2.47. The summed E-state index contributed by atoms with van der Waals surface area (Å²) in [7, 11) is 6.64. The molecular formula is C16H24N4O4. The van der Waals surface area contributed by atoms with Gasteiger partial charge in [-0.2, -0.15) is 9.97 Å². The van der Waals surface area contributed by atoms with E-state index in [-0.39, 0.29) is 23.4 Å². The second-order valence-electron chi connectivity index (χ2n) is 6.92. The highest BCUT2D eigenvalue weighted by molar-refractivity contribution is 5.88. The Morgan fingerprint density at radius 2 is 1.92 bits per heavy atom. The zero-order chi connectivity index (χ0) is 17.5. The Morgan fingerprint density at radius 3 is 2.42 bits per heavy atom. The molecule has 0 aliphatic heterocycles. The number of rotatable bonds is 6. The van der Waals surface area contributed by atoms with Crippen LogP contribution in [0.15, 0.2) is 6.07 Å². The molecule has 3 atom stereocenters. The molecule has 1 N–H and O–H groups in total. The van der Waals surface area contributed by atoms with Crippen molar-refractivity contribution in [2.75, 3.05) is 28.3 Å². The van der Waals surface area contributed by atoms with Crippen molar-refractivity contribution in [1.29, 1.82) is 0 Å². The molecular weight excluding hydrogens is 312 g/mol. The number of methoxy groups -OCH3 is 2. The van der Waals surface area contributed by atoms with E-state index in [0.29, 0.717) is 11.8 Å². The number of hydrogen-bond acceptors (Lipinski definition) is 7. The van der Waals surface area contributed by atoms with Crippen LogP contribution in [-0.4, -0.2) is 55.3 Å². The Labute approximate surface area is 141 Å². The van der Waals surface area contributed by atoms with Gasteiger partial charge in [-0.25, -0.2) is 5.01 Å². The summed E-state index contributed by atoms with van der Waals surface area (Å²) in [6, 6.07) is 1.75. The third kappa shape index (κ3) is 2.54. The predicted octanol–water partition coefficient (Wildman–Crippen LogP) is 1.02. The van der Waals surface area contributed by atoms with Crippen LogP contribution in [0.25, 0.3) is 0 Å². The van der Waals surface area contributed by atoms with E-state index in [1.165, 1.54) is 14.2 Å². The smallest absolute Gasteiger partial charge is 0.323 e. The first-order valence-electron chi connectivity index (χ1n) is 7.97. The summed E-state index contributed by atoms with van der Waals surface area (Å²) in [6.45, 7) is 2.14. The van der Waals surface area contributed by atoms with E-state index in [1.807, 2.05) is 0 Å². The van der Waals surface area contributed by atoms with E-state index < -0.39 is 5.41 Å². The summed E-state index contributed by atoms with van der Waals surface area (Å²) in [5, 5.41) is 1.66. The SMILES string of the molecule is COc1cc(OC)nc(OC2CCC3(C)CC23C(=O)NN(C)C)n1. The molecule has 8 nitrogen and oxygen atoms in total. The number of hydrazine groups is 1. The van der Waals surface area contributed by atoms with Crippen molar-refractivity contribution in [3.8, 4) is 17.8 Å². The second-order valence-corrected chi connectivity index (χ2v) is 6.92. The fourth-order valence-corrected chi connectivity index (χ4v) is 3.82. The number of aromatic nitrogens is 2. The molecule has 2 saturated carbocycles. The molecule has 0 radical (unpaired) electrons. The average molecular weight is 336 g/mol. The quantitative estimate of drug-likeness (QED) is 0.776. The molecule has 3 rings (SSSR count). The average Bonchev–Trinajstić information content (AvgIpc) is 3.09. The van der Waals surface area contributed by atoms with Crippen LogP contribution in [-0.2, 0) is 4.79 Å². The van der Waals surface area contributed by atoms with Gasteiger partial charge in [0.15, 0.2) is 0 Å². The van der Waals surface area contributed by atoms with Crippen molar-refractivity contribution in [1.82, 2.24) is 20.4 Å². The summed E-state index contributed by atoms with van der Waals surface area (Å²) in [5.41, 5.74) is 2.32. The van der Waals surface area contributed by atoms with Gasteiger partial charge in [-0.05, 0) is 24.7 Å². The van der Waals surface area contributed by atoms with Crippen molar-refractivity contribution < 1.29 is 19.0 Å². The molecule has 0 aromatic carbocycles. The van der Waals surface area contributed by atoms with Crippen LogP contribution in [0.1, 0.15) is 26.2 Å². The molecule has 2 fully saturated rings. The van der Waals surface area contributed by atoms with Gasteiger partial charge in [-0.1, -0.05) is 6.92 Å². The van der Waals surface area contributed by atoms with Gasteiger partial charge in [0.2, 0.25) is 17.7 Å². The zero-order valence-corrected chi connectivity index (χ0v) is 14.8. The molecule has 1 aromatic rings. The predicted molar refractivity (Wildman–Crippen MR) is 85.8 cm³/mol. The van der Waals surface area contributed by atoms with Crippen LogP contribution in [0.4, 0.5) is 0 Å². The zero-order valence-electron chi connectivity index (χ0n) is 14.8. The Kier molecular flexibility index (Phi) is 4.03. The highest BCUT2D eigenvalue weighted by atomic mass is 16.5. The van der Waals surface area contributed by atoms with Crippen LogP contribution >= 0.6 is 0 Å². The third-order valence-electron chi connectivity index (χ3n) is 5.18. The Balaban J connectivity index is 1.83. The van der Waals surface area contributed by atoms with Crippen LogP contribution in [0.5, 0.6) is 17.8 Å². The molecule has 3 unspecified atom stereocenters. The molecule has 2 aliphatic carbocycles. The van der Waals surface area contributed by atoms with Gasteiger partial charge in [0.25, 0.3) is 0 Å². The fourth-order valence-electron chi connectivity index (χ4n) is 3.82. The molecule has 132 valence electrons. The van der Waals surface area contributed by atoms with E-state index in [0.717, 1.165) is 19.3 Å². The first-order chi connectivity index (χ1) is 11.3. The maximum Gasteiger partial charge on any atom is 0.323 e. The molecule has 1 amide bonds. The Morgan fingerprint density at radius 1 is 1.29 bits per heavy atom.